The van der Waals surface area contributed by atoms with Gasteiger partial charge in [0.15, 0.2) is 0 Å². The zero-order valence-corrected chi connectivity index (χ0v) is 16.5. The van der Waals surface area contributed by atoms with Gasteiger partial charge in [0, 0.05) is 36.7 Å². The molecule has 2 aromatic rings. The van der Waals surface area contributed by atoms with Crippen LogP contribution in [0.15, 0.2) is 35.7 Å². The van der Waals surface area contributed by atoms with Crippen molar-refractivity contribution in [3.05, 3.63) is 51.7 Å². The number of ether oxygens (including phenoxy) is 2. The van der Waals surface area contributed by atoms with Crippen LogP contribution in [-0.4, -0.2) is 54.8 Å². The molecule has 0 radical (unpaired) electrons. The molecule has 0 bridgehead atoms. The number of aryl methyl sites for hydroxylation is 1. The van der Waals surface area contributed by atoms with E-state index in [-0.39, 0.29) is 12.7 Å². The molecule has 5 nitrogen and oxygen atoms in total. The summed E-state index contributed by atoms with van der Waals surface area (Å²) in [6.07, 6.45) is 2.59. The van der Waals surface area contributed by atoms with E-state index in [0.29, 0.717) is 17.9 Å². The molecule has 6 heteroatoms. The Balaban J connectivity index is 1.56. The molecule has 2 atom stereocenters. The second kappa shape index (κ2) is 9.99. The maximum atomic E-state index is 10.9. The maximum Gasteiger partial charge on any atom is 0.150 e. The average molecular weight is 390 g/mol. The third-order valence-corrected chi connectivity index (χ3v) is 5.73. The lowest BCUT2D eigenvalue weighted by Crippen LogP contribution is -2.39. The number of carbonyl (C=O) groups excluding carboxylic acids is 1. The Hall–Kier alpha value is -1.73. The lowest BCUT2D eigenvalue weighted by Gasteiger charge is -2.27. The van der Waals surface area contributed by atoms with Gasteiger partial charge in [0.05, 0.1) is 6.10 Å². The van der Waals surface area contributed by atoms with Gasteiger partial charge in [-0.1, -0.05) is 12.1 Å². The van der Waals surface area contributed by atoms with Crippen molar-refractivity contribution in [3.8, 4) is 5.75 Å². The molecule has 2 unspecified atom stereocenters. The van der Waals surface area contributed by atoms with Crippen LogP contribution in [0.3, 0.4) is 0 Å². The normalized spacial score (nSPS) is 18.0. The number of aldehydes is 1. The molecule has 1 fully saturated rings. The van der Waals surface area contributed by atoms with Crippen molar-refractivity contribution in [2.24, 2.45) is 0 Å². The first-order valence-corrected chi connectivity index (χ1v) is 10.2. The molecule has 146 valence electrons. The van der Waals surface area contributed by atoms with Crippen molar-refractivity contribution in [3.63, 3.8) is 0 Å². The van der Waals surface area contributed by atoms with Gasteiger partial charge in [-0.05, 0) is 48.9 Å². The summed E-state index contributed by atoms with van der Waals surface area (Å²) in [5, 5.41) is 12.6. The van der Waals surface area contributed by atoms with Crippen LogP contribution in [0.25, 0.3) is 0 Å². The van der Waals surface area contributed by atoms with Crippen LogP contribution >= 0.6 is 11.3 Å². The SMILES string of the molecule is Cc1ccsc1CN(CC(O)COc1cccc(C=O)c1)CC1CCCO1. The average Bonchev–Trinajstić information content (AvgIpc) is 3.32. The summed E-state index contributed by atoms with van der Waals surface area (Å²) in [6.45, 7) is 5.28. The molecule has 27 heavy (non-hydrogen) atoms. The maximum absolute atomic E-state index is 10.9. The van der Waals surface area contributed by atoms with E-state index >= 15 is 0 Å². The molecule has 0 aliphatic carbocycles. The van der Waals surface area contributed by atoms with Crippen LogP contribution in [0, 0.1) is 6.92 Å². The van der Waals surface area contributed by atoms with Crippen LogP contribution in [0.1, 0.15) is 33.6 Å². The first kappa shape index (κ1) is 20.0. The molecule has 1 aromatic heterocycles. The van der Waals surface area contributed by atoms with Gasteiger partial charge in [0.2, 0.25) is 0 Å². The minimum atomic E-state index is -0.619. The Morgan fingerprint density at radius 2 is 2.33 bits per heavy atom. The summed E-state index contributed by atoms with van der Waals surface area (Å²) in [4.78, 5) is 14.4. The van der Waals surface area contributed by atoms with Gasteiger partial charge < -0.3 is 14.6 Å². The van der Waals surface area contributed by atoms with E-state index in [9.17, 15) is 9.90 Å². The van der Waals surface area contributed by atoms with Crippen LogP contribution in [0.4, 0.5) is 0 Å². The summed E-state index contributed by atoms with van der Waals surface area (Å²) >= 11 is 1.75. The number of hydrogen-bond donors (Lipinski definition) is 1. The Labute approximate surface area is 164 Å². The van der Waals surface area contributed by atoms with Gasteiger partial charge in [-0.3, -0.25) is 9.69 Å². The quantitative estimate of drug-likeness (QED) is 0.632. The number of nitrogens with zero attached hydrogens (tertiary/aromatic N) is 1. The van der Waals surface area contributed by atoms with Gasteiger partial charge in [0.25, 0.3) is 0 Å². The van der Waals surface area contributed by atoms with Gasteiger partial charge in [-0.2, -0.15) is 0 Å². The largest absolute Gasteiger partial charge is 0.491 e. The second-order valence-corrected chi connectivity index (χ2v) is 8.01. The molecule has 0 amide bonds. The third-order valence-electron chi connectivity index (χ3n) is 4.73. The molecule has 1 aliphatic heterocycles. The molecule has 1 aliphatic rings. The van der Waals surface area contributed by atoms with E-state index in [4.69, 9.17) is 9.47 Å². The van der Waals surface area contributed by atoms with Crippen molar-refractivity contribution in [1.82, 2.24) is 4.90 Å². The summed E-state index contributed by atoms with van der Waals surface area (Å²) in [5.41, 5.74) is 1.85. The van der Waals surface area contributed by atoms with E-state index in [0.717, 1.165) is 38.8 Å². The fraction of sp³-hybridized carbons (Fsp3) is 0.476. The molecule has 0 spiro atoms. The van der Waals surface area contributed by atoms with Crippen molar-refractivity contribution in [2.75, 3.05) is 26.3 Å². The Morgan fingerprint density at radius 1 is 1.44 bits per heavy atom. The molecule has 3 rings (SSSR count). The number of rotatable bonds is 10. The van der Waals surface area contributed by atoms with E-state index < -0.39 is 6.10 Å². The number of thiophene rings is 1. The highest BCUT2D eigenvalue weighted by Gasteiger charge is 2.22. The van der Waals surface area contributed by atoms with E-state index in [1.54, 1.807) is 35.6 Å². The highest BCUT2D eigenvalue weighted by molar-refractivity contribution is 7.10. The third kappa shape index (κ3) is 6.14. The van der Waals surface area contributed by atoms with E-state index in [1.165, 1.54) is 10.4 Å². The topological polar surface area (TPSA) is 59.0 Å². The van der Waals surface area contributed by atoms with Crippen LogP contribution in [0.2, 0.25) is 0 Å². The zero-order chi connectivity index (χ0) is 19.1. The van der Waals surface area contributed by atoms with Crippen molar-refractivity contribution in [1.29, 1.82) is 0 Å². The Morgan fingerprint density at radius 3 is 3.04 bits per heavy atom. The first-order chi connectivity index (χ1) is 13.1. The minimum absolute atomic E-state index is 0.188. The van der Waals surface area contributed by atoms with Crippen LogP contribution in [-0.2, 0) is 11.3 Å². The second-order valence-electron chi connectivity index (χ2n) is 7.01. The summed E-state index contributed by atoms with van der Waals surface area (Å²) in [5.74, 6) is 0.596. The fourth-order valence-electron chi connectivity index (χ4n) is 3.27. The molecule has 1 saturated heterocycles. The van der Waals surface area contributed by atoms with Gasteiger partial charge in [-0.15, -0.1) is 11.3 Å². The number of aliphatic hydroxyl groups excluding tert-OH is 1. The lowest BCUT2D eigenvalue weighted by molar-refractivity contribution is 0.0316. The molecular formula is C21H27NO4S. The van der Waals surface area contributed by atoms with Crippen molar-refractivity contribution >= 4 is 17.6 Å². The van der Waals surface area contributed by atoms with Crippen LogP contribution < -0.4 is 4.74 Å². The molecule has 0 saturated carbocycles. The predicted octanol–water partition coefficient (Wildman–Crippen LogP) is 3.29. The van der Waals surface area contributed by atoms with Gasteiger partial charge in [0.1, 0.15) is 24.7 Å². The monoisotopic (exact) mass is 389 g/mol. The predicted molar refractivity (Wildman–Crippen MR) is 107 cm³/mol. The van der Waals surface area contributed by atoms with E-state index in [2.05, 4.69) is 23.3 Å². The number of carbonyl (C=O) groups is 1. The zero-order valence-electron chi connectivity index (χ0n) is 15.7. The molecule has 2 heterocycles. The van der Waals surface area contributed by atoms with E-state index in [1.807, 2.05) is 0 Å². The standard InChI is InChI=1S/C21H27NO4S/c1-16-7-9-27-21(16)13-22(12-20-6-3-8-25-20)11-18(24)15-26-19-5-2-4-17(10-19)14-23/h2,4-5,7,9-10,14,18,20,24H,3,6,8,11-13,15H2,1H3. The summed E-state index contributed by atoms with van der Waals surface area (Å²) in [6, 6.07) is 9.10. The number of aliphatic hydroxyl groups is 1. The van der Waals surface area contributed by atoms with Gasteiger partial charge >= 0.3 is 0 Å². The lowest BCUT2D eigenvalue weighted by atomic mass is 10.2. The van der Waals surface area contributed by atoms with Crippen molar-refractivity contribution in [2.45, 2.75) is 38.5 Å². The first-order valence-electron chi connectivity index (χ1n) is 9.37. The Bertz CT molecular complexity index is 726. The van der Waals surface area contributed by atoms with Gasteiger partial charge in [-0.25, -0.2) is 0 Å². The highest BCUT2D eigenvalue weighted by Crippen LogP contribution is 2.21. The minimum Gasteiger partial charge on any atom is -0.491 e. The molecule has 1 aromatic carbocycles. The Kier molecular flexibility index (Phi) is 7.41. The summed E-state index contributed by atoms with van der Waals surface area (Å²) < 4.78 is 11.5. The number of hydrogen-bond acceptors (Lipinski definition) is 6. The smallest absolute Gasteiger partial charge is 0.150 e. The van der Waals surface area contributed by atoms with Crippen molar-refractivity contribution < 1.29 is 19.4 Å². The number of benzene rings is 1. The fourth-order valence-corrected chi connectivity index (χ4v) is 4.22. The molecular weight excluding hydrogens is 362 g/mol. The van der Waals surface area contributed by atoms with Crippen LogP contribution in [0.5, 0.6) is 5.75 Å². The summed E-state index contributed by atoms with van der Waals surface area (Å²) in [7, 11) is 0. The molecule has 1 N–H and O–H groups in total. The highest BCUT2D eigenvalue weighted by atomic mass is 32.1.